The Bertz CT molecular complexity index is 229. The van der Waals surface area contributed by atoms with Crippen LogP contribution < -0.4 is 5.32 Å². The second-order valence-electron chi connectivity index (χ2n) is 6.10. The summed E-state index contributed by atoms with van der Waals surface area (Å²) in [5.41, 5.74) is 0. The molecule has 2 atom stereocenters. The molecule has 0 aromatic heterocycles. The summed E-state index contributed by atoms with van der Waals surface area (Å²) in [4.78, 5) is 2.63. The van der Waals surface area contributed by atoms with Crippen LogP contribution in [0, 0.1) is 5.92 Å². The van der Waals surface area contributed by atoms with E-state index < -0.39 is 0 Å². The van der Waals surface area contributed by atoms with E-state index in [0.717, 1.165) is 25.2 Å². The Morgan fingerprint density at radius 1 is 1.06 bits per heavy atom. The van der Waals surface area contributed by atoms with E-state index in [9.17, 15) is 0 Å². The Morgan fingerprint density at radius 3 is 2.50 bits per heavy atom. The van der Waals surface area contributed by atoms with E-state index in [1.165, 1.54) is 51.5 Å². The highest BCUT2D eigenvalue weighted by Gasteiger charge is 2.27. The summed E-state index contributed by atoms with van der Waals surface area (Å²) in [7, 11) is 4.46. The van der Waals surface area contributed by atoms with Crippen molar-refractivity contribution >= 4 is 0 Å². The van der Waals surface area contributed by atoms with Gasteiger partial charge in [0.25, 0.3) is 0 Å². The Morgan fingerprint density at radius 2 is 1.78 bits per heavy atom. The molecule has 1 saturated heterocycles. The van der Waals surface area contributed by atoms with Crippen LogP contribution in [0.1, 0.15) is 44.9 Å². The SMILES string of the molecule is CNC1CCCCCC1N(C)CC1CCOCC1. The monoisotopic (exact) mass is 254 g/mol. The van der Waals surface area contributed by atoms with Crippen molar-refractivity contribution in [3.63, 3.8) is 0 Å². The van der Waals surface area contributed by atoms with Gasteiger partial charge in [0.1, 0.15) is 0 Å². The summed E-state index contributed by atoms with van der Waals surface area (Å²) in [5, 5.41) is 3.55. The van der Waals surface area contributed by atoms with Crippen molar-refractivity contribution < 1.29 is 4.74 Å². The minimum Gasteiger partial charge on any atom is -0.381 e. The van der Waals surface area contributed by atoms with Gasteiger partial charge in [0.2, 0.25) is 0 Å². The Kier molecular flexibility index (Phi) is 5.93. The predicted octanol–water partition coefficient (Wildman–Crippen LogP) is 2.27. The van der Waals surface area contributed by atoms with Crippen LogP contribution in [-0.2, 0) is 4.74 Å². The first-order valence-electron chi connectivity index (χ1n) is 7.76. The molecule has 3 heteroatoms. The lowest BCUT2D eigenvalue weighted by molar-refractivity contribution is 0.0467. The number of ether oxygens (including phenoxy) is 1. The average molecular weight is 254 g/mol. The molecule has 2 rings (SSSR count). The highest BCUT2D eigenvalue weighted by molar-refractivity contribution is 4.85. The molecule has 0 amide bonds. The first-order chi connectivity index (χ1) is 8.81. The number of rotatable bonds is 4. The van der Waals surface area contributed by atoms with Gasteiger partial charge in [-0.2, -0.15) is 0 Å². The van der Waals surface area contributed by atoms with Crippen LogP contribution in [0.5, 0.6) is 0 Å². The molecule has 1 saturated carbocycles. The zero-order chi connectivity index (χ0) is 12.8. The van der Waals surface area contributed by atoms with Crippen molar-refractivity contribution in [2.24, 2.45) is 5.92 Å². The maximum atomic E-state index is 5.46. The molecule has 1 aliphatic heterocycles. The second-order valence-corrected chi connectivity index (χ2v) is 6.10. The van der Waals surface area contributed by atoms with Crippen LogP contribution in [0.3, 0.4) is 0 Å². The van der Waals surface area contributed by atoms with Gasteiger partial charge in [-0.1, -0.05) is 19.3 Å². The first-order valence-corrected chi connectivity index (χ1v) is 7.76. The molecule has 0 aromatic carbocycles. The van der Waals surface area contributed by atoms with Crippen molar-refractivity contribution in [1.29, 1.82) is 0 Å². The third-order valence-electron chi connectivity index (χ3n) is 4.80. The summed E-state index contributed by atoms with van der Waals surface area (Å²) in [6.07, 6.45) is 9.43. The molecule has 2 aliphatic rings. The lowest BCUT2D eigenvalue weighted by atomic mass is 9.96. The van der Waals surface area contributed by atoms with Gasteiger partial charge in [-0.05, 0) is 45.7 Å². The number of nitrogens with one attached hydrogen (secondary N) is 1. The molecule has 1 aliphatic carbocycles. The normalized spacial score (nSPS) is 31.5. The summed E-state index contributed by atoms with van der Waals surface area (Å²) in [6, 6.07) is 1.43. The van der Waals surface area contributed by atoms with Crippen molar-refractivity contribution in [1.82, 2.24) is 10.2 Å². The van der Waals surface area contributed by atoms with E-state index in [0.29, 0.717) is 6.04 Å². The lowest BCUT2D eigenvalue weighted by Crippen LogP contribution is -2.48. The molecule has 106 valence electrons. The van der Waals surface area contributed by atoms with Gasteiger partial charge in [0.05, 0.1) is 0 Å². The molecule has 1 N–H and O–H groups in total. The van der Waals surface area contributed by atoms with Crippen LogP contribution in [0.25, 0.3) is 0 Å². The first kappa shape index (κ1) is 14.3. The largest absolute Gasteiger partial charge is 0.381 e. The van der Waals surface area contributed by atoms with Crippen molar-refractivity contribution in [2.45, 2.75) is 57.0 Å². The third-order valence-corrected chi connectivity index (χ3v) is 4.80. The number of hydrogen-bond acceptors (Lipinski definition) is 3. The van der Waals surface area contributed by atoms with Crippen molar-refractivity contribution in [2.75, 3.05) is 33.9 Å². The molecule has 0 radical (unpaired) electrons. The fraction of sp³-hybridized carbons (Fsp3) is 1.00. The predicted molar refractivity (Wildman–Crippen MR) is 75.9 cm³/mol. The smallest absolute Gasteiger partial charge is 0.0469 e. The fourth-order valence-electron chi connectivity index (χ4n) is 3.62. The van der Waals surface area contributed by atoms with Crippen LogP contribution in [0.15, 0.2) is 0 Å². The quantitative estimate of drug-likeness (QED) is 0.779. The summed E-state index contributed by atoms with van der Waals surface area (Å²) in [5.74, 6) is 0.851. The Hall–Kier alpha value is -0.120. The minimum atomic E-state index is 0.692. The molecule has 0 bridgehead atoms. The molecule has 3 nitrogen and oxygen atoms in total. The summed E-state index contributed by atoms with van der Waals surface area (Å²) >= 11 is 0. The lowest BCUT2D eigenvalue weighted by Gasteiger charge is -2.36. The Labute approximate surface area is 112 Å². The van der Waals surface area contributed by atoms with E-state index in [4.69, 9.17) is 4.74 Å². The van der Waals surface area contributed by atoms with Gasteiger partial charge >= 0.3 is 0 Å². The zero-order valence-electron chi connectivity index (χ0n) is 12.2. The fourth-order valence-corrected chi connectivity index (χ4v) is 3.62. The second kappa shape index (κ2) is 7.46. The highest BCUT2D eigenvalue weighted by atomic mass is 16.5. The maximum absolute atomic E-state index is 5.46. The molecule has 2 fully saturated rings. The van der Waals surface area contributed by atoms with Gasteiger partial charge in [0, 0.05) is 31.8 Å². The van der Waals surface area contributed by atoms with Crippen molar-refractivity contribution in [3.8, 4) is 0 Å². The van der Waals surface area contributed by atoms with E-state index >= 15 is 0 Å². The topological polar surface area (TPSA) is 24.5 Å². The number of nitrogens with zero attached hydrogens (tertiary/aromatic N) is 1. The van der Waals surface area contributed by atoms with Gasteiger partial charge in [-0.25, -0.2) is 0 Å². The van der Waals surface area contributed by atoms with Crippen LogP contribution in [-0.4, -0.2) is 50.8 Å². The van der Waals surface area contributed by atoms with Gasteiger partial charge < -0.3 is 15.0 Å². The van der Waals surface area contributed by atoms with E-state index in [1.807, 2.05) is 0 Å². The summed E-state index contributed by atoms with van der Waals surface area (Å²) < 4.78 is 5.46. The van der Waals surface area contributed by atoms with E-state index in [1.54, 1.807) is 0 Å². The molecule has 18 heavy (non-hydrogen) atoms. The molecule has 2 unspecified atom stereocenters. The minimum absolute atomic E-state index is 0.692. The molecular formula is C15H30N2O. The molecule has 1 heterocycles. The van der Waals surface area contributed by atoms with Crippen LogP contribution in [0.2, 0.25) is 0 Å². The third kappa shape index (κ3) is 3.94. The maximum Gasteiger partial charge on any atom is 0.0469 e. The average Bonchev–Trinajstić information content (AvgIpc) is 2.64. The molecule has 0 spiro atoms. The van der Waals surface area contributed by atoms with Gasteiger partial charge in [-0.15, -0.1) is 0 Å². The van der Waals surface area contributed by atoms with Gasteiger partial charge in [-0.3, -0.25) is 0 Å². The summed E-state index contributed by atoms with van der Waals surface area (Å²) in [6.45, 7) is 3.20. The van der Waals surface area contributed by atoms with E-state index in [-0.39, 0.29) is 0 Å². The van der Waals surface area contributed by atoms with Crippen molar-refractivity contribution in [3.05, 3.63) is 0 Å². The molecule has 0 aromatic rings. The number of likely N-dealkylation sites (N-methyl/N-ethyl adjacent to an activating group) is 2. The highest BCUT2D eigenvalue weighted by Crippen LogP contribution is 2.24. The van der Waals surface area contributed by atoms with E-state index in [2.05, 4.69) is 24.3 Å². The van der Waals surface area contributed by atoms with Crippen LogP contribution >= 0.6 is 0 Å². The zero-order valence-corrected chi connectivity index (χ0v) is 12.2. The standard InChI is InChI=1S/C15H30N2O/c1-16-14-6-4-3-5-7-15(14)17(2)12-13-8-10-18-11-9-13/h13-16H,3-12H2,1-2H3. The van der Waals surface area contributed by atoms with Gasteiger partial charge in [0.15, 0.2) is 0 Å². The molecular weight excluding hydrogens is 224 g/mol. The van der Waals surface area contributed by atoms with Crippen LogP contribution in [0.4, 0.5) is 0 Å². The number of hydrogen-bond donors (Lipinski definition) is 1. The Balaban J connectivity index is 1.86.